The van der Waals surface area contributed by atoms with Gasteiger partial charge < -0.3 is 5.32 Å². The van der Waals surface area contributed by atoms with Gasteiger partial charge in [0.2, 0.25) is 15.9 Å². The van der Waals surface area contributed by atoms with Gasteiger partial charge in [-0.15, -0.1) is 0 Å². The molecule has 0 aliphatic carbocycles. The molecule has 1 aliphatic rings. The van der Waals surface area contributed by atoms with Crippen LogP contribution in [-0.2, 0) is 34.8 Å². The summed E-state index contributed by atoms with van der Waals surface area (Å²) in [6.07, 6.45) is 0.775. The second-order valence-corrected chi connectivity index (χ2v) is 7.89. The number of carbonyl (C=O) groups excluding carboxylic acids is 1. The first-order chi connectivity index (χ1) is 11.3. The molecule has 0 saturated carbocycles. The molecular weight excluding hydrogens is 352 g/mol. The summed E-state index contributed by atoms with van der Waals surface area (Å²) in [6, 6.07) is 4.71. The Kier molecular flexibility index (Phi) is 4.37. The van der Waals surface area contributed by atoms with Gasteiger partial charge in [0.05, 0.1) is 27.8 Å². The number of fused-ring (bicyclic) bond motifs is 1. The fourth-order valence-electron chi connectivity index (χ4n) is 2.55. The van der Waals surface area contributed by atoms with Crippen LogP contribution < -0.4 is 10.0 Å². The zero-order valence-electron chi connectivity index (χ0n) is 13.3. The third kappa shape index (κ3) is 3.31. The summed E-state index contributed by atoms with van der Waals surface area (Å²) < 4.78 is 29.2. The number of rotatable bonds is 4. The van der Waals surface area contributed by atoms with Crippen molar-refractivity contribution in [2.75, 3.05) is 5.32 Å². The molecule has 7 nitrogen and oxygen atoms in total. The molecule has 0 spiro atoms. The molecule has 0 fully saturated rings. The Hall–Kier alpha value is -1.90. The predicted molar refractivity (Wildman–Crippen MR) is 90.4 cm³/mol. The van der Waals surface area contributed by atoms with Gasteiger partial charge in [0.1, 0.15) is 0 Å². The van der Waals surface area contributed by atoms with Crippen LogP contribution in [0.15, 0.2) is 23.1 Å². The minimum Gasteiger partial charge on any atom is -0.325 e. The summed E-state index contributed by atoms with van der Waals surface area (Å²) in [5.41, 5.74) is 2.79. The summed E-state index contributed by atoms with van der Waals surface area (Å²) in [4.78, 5) is 11.5. The smallest absolute Gasteiger partial charge is 0.240 e. The monoisotopic (exact) mass is 368 g/mol. The highest BCUT2D eigenvalue weighted by Crippen LogP contribution is 2.33. The first-order valence-corrected chi connectivity index (χ1v) is 9.24. The number of benzene rings is 1. The van der Waals surface area contributed by atoms with Gasteiger partial charge in [-0.05, 0) is 37.1 Å². The molecule has 3 rings (SSSR count). The molecule has 1 aromatic carbocycles. The average molecular weight is 369 g/mol. The lowest BCUT2D eigenvalue weighted by molar-refractivity contribution is -0.116. The fraction of sp³-hybridized carbons (Fsp3) is 0.333. The van der Waals surface area contributed by atoms with Gasteiger partial charge in [-0.2, -0.15) is 5.10 Å². The zero-order chi connectivity index (χ0) is 17.5. The maximum Gasteiger partial charge on any atom is 0.240 e. The number of amides is 1. The van der Waals surface area contributed by atoms with Crippen molar-refractivity contribution in [2.24, 2.45) is 7.05 Å². The lowest BCUT2D eigenvalue weighted by Gasteiger charge is -2.19. The van der Waals surface area contributed by atoms with Crippen LogP contribution in [0.5, 0.6) is 0 Å². The number of aryl methyl sites for hydroxylation is 3. The van der Waals surface area contributed by atoms with Crippen LogP contribution in [0.25, 0.3) is 0 Å². The first kappa shape index (κ1) is 16.9. The molecular formula is C15H17ClN4O3S. The van der Waals surface area contributed by atoms with E-state index in [1.54, 1.807) is 17.8 Å². The standard InChI is InChI=1S/C15H17ClN4O3S/c1-9-5-11(19-20(9)2)8-17-24(22,23)12-6-10-3-4-14(21)18-15(10)13(16)7-12/h5-7,17H,3-4,8H2,1-2H3,(H,18,21). The number of hydrogen-bond donors (Lipinski definition) is 2. The molecule has 128 valence electrons. The van der Waals surface area contributed by atoms with Gasteiger partial charge in [0, 0.05) is 19.2 Å². The van der Waals surface area contributed by atoms with E-state index in [0.717, 1.165) is 11.3 Å². The molecule has 0 atom stereocenters. The number of nitrogens with one attached hydrogen (secondary N) is 2. The lowest BCUT2D eigenvalue weighted by atomic mass is 10.0. The van der Waals surface area contributed by atoms with Crippen LogP contribution in [-0.4, -0.2) is 24.1 Å². The number of nitrogens with zero attached hydrogens (tertiary/aromatic N) is 2. The van der Waals surface area contributed by atoms with E-state index in [4.69, 9.17) is 11.6 Å². The molecule has 1 aliphatic heterocycles. The summed E-state index contributed by atoms with van der Waals surface area (Å²) in [5.74, 6) is -0.122. The van der Waals surface area contributed by atoms with E-state index in [1.807, 2.05) is 13.0 Å². The lowest BCUT2D eigenvalue weighted by Crippen LogP contribution is -2.25. The van der Waals surface area contributed by atoms with Gasteiger partial charge in [0.15, 0.2) is 0 Å². The highest BCUT2D eigenvalue weighted by atomic mass is 35.5. The van der Waals surface area contributed by atoms with Crippen LogP contribution in [0.1, 0.15) is 23.4 Å². The van der Waals surface area contributed by atoms with Crippen LogP contribution in [0.2, 0.25) is 5.02 Å². The minimum absolute atomic E-state index is 0.0788. The van der Waals surface area contributed by atoms with Gasteiger partial charge in [0.25, 0.3) is 0 Å². The van der Waals surface area contributed by atoms with Gasteiger partial charge in [-0.3, -0.25) is 9.48 Å². The van der Waals surface area contributed by atoms with Crippen molar-refractivity contribution in [3.8, 4) is 0 Å². The third-order valence-corrected chi connectivity index (χ3v) is 5.63. The van der Waals surface area contributed by atoms with E-state index in [2.05, 4.69) is 15.1 Å². The second-order valence-electron chi connectivity index (χ2n) is 5.71. The van der Waals surface area contributed by atoms with Crippen molar-refractivity contribution >= 4 is 33.2 Å². The van der Waals surface area contributed by atoms with E-state index in [0.29, 0.717) is 24.2 Å². The molecule has 0 bridgehead atoms. The number of sulfonamides is 1. The Morgan fingerprint density at radius 2 is 2.08 bits per heavy atom. The first-order valence-electron chi connectivity index (χ1n) is 7.38. The quantitative estimate of drug-likeness (QED) is 0.859. The van der Waals surface area contributed by atoms with Crippen molar-refractivity contribution < 1.29 is 13.2 Å². The van der Waals surface area contributed by atoms with E-state index in [9.17, 15) is 13.2 Å². The van der Waals surface area contributed by atoms with Crippen molar-refractivity contribution in [3.63, 3.8) is 0 Å². The molecule has 1 amide bonds. The second kappa shape index (κ2) is 6.19. The van der Waals surface area contributed by atoms with Crippen LogP contribution in [0.3, 0.4) is 0 Å². The molecule has 24 heavy (non-hydrogen) atoms. The summed E-state index contributed by atoms with van der Waals surface area (Å²) in [6.45, 7) is 1.98. The molecule has 2 heterocycles. The number of hydrogen-bond acceptors (Lipinski definition) is 4. The van der Waals surface area contributed by atoms with Crippen molar-refractivity contribution in [3.05, 3.63) is 40.2 Å². The summed E-state index contributed by atoms with van der Waals surface area (Å²) >= 11 is 6.14. The van der Waals surface area contributed by atoms with E-state index >= 15 is 0 Å². The largest absolute Gasteiger partial charge is 0.325 e. The number of carbonyl (C=O) groups is 1. The molecule has 0 saturated heterocycles. The topological polar surface area (TPSA) is 93.1 Å². The van der Waals surface area contributed by atoms with Crippen LogP contribution >= 0.6 is 11.6 Å². The number of halogens is 1. The van der Waals surface area contributed by atoms with Crippen LogP contribution in [0, 0.1) is 6.92 Å². The molecule has 0 radical (unpaired) electrons. The predicted octanol–water partition coefficient (Wildman–Crippen LogP) is 1.75. The summed E-state index contributed by atoms with van der Waals surface area (Å²) in [7, 11) is -1.93. The number of anilines is 1. The van der Waals surface area contributed by atoms with Gasteiger partial charge in [-0.1, -0.05) is 11.6 Å². The Morgan fingerprint density at radius 1 is 1.33 bits per heavy atom. The van der Waals surface area contributed by atoms with E-state index < -0.39 is 10.0 Å². The minimum atomic E-state index is -3.73. The Bertz CT molecular complexity index is 902. The van der Waals surface area contributed by atoms with Crippen molar-refractivity contribution in [1.82, 2.24) is 14.5 Å². The fourth-order valence-corrected chi connectivity index (χ4v) is 3.98. The highest BCUT2D eigenvalue weighted by molar-refractivity contribution is 7.89. The zero-order valence-corrected chi connectivity index (χ0v) is 14.8. The number of aromatic nitrogens is 2. The van der Waals surface area contributed by atoms with E-state index in [1.165, 1.54) is 6.07 Å². The Morgan fingerprint density at radius 3 is 2.75 bits per heavy atom. The maximum absolute atomic E-state index is 12.5. The molecule has 2 aromatic rings. The highest BCUT2D eigenvalue weighted by Gasteiger charge is 2.23. The Labute approximate surface area is 145 Å². The van der Waals surface area contributed by atoms with E-state index in [-0.39, 0.29) is 22.4 Å². The van der Waals surface area contributed by atoms with Crippen molar-refractivity contribution in [1.29, 1.82) is 0 Å². The normalized spacial score (nSPS) is 14.4. The molecule has 1 aromatic heterocycles. The van der Waals surface area contributed by atoms with Gasteiger partial charge in [-0.25, -0.2) is 13.1 Å². The maximum atomic E-state index is 12.5. The third-order valence-electron chi connectivity index (χ3n) is 3.95. The van der Waals surface area contributed by atoms with Crippen molar-refractivity contribution in [2.45, 2.75) is 31.2 Å². The summed E-state index contributed by atoms with van der Waals surface area (Å²) in [5, 5.41) is 7.11. The van der Waals surface area contributed by atoms with Crippen LogP contribution in [0.4, 0.5) is 5.69 Å². The molecule has 0 unspecified atom stereocenters. The average Bonchev–Trinajstić information content (AvgIpc) is 2.84. The molecule has 2 N–H and O–H groups in total. The van der Waals surface area contributed by atoms with Gasteiger partial charge >= 0.3 is 0 Å². The Balaban J connectivity index is 1.84. The molecule has 9 heteroatoms. The SMILES string of the molecule is Cc1cc(CNS(=O)(=O)c2cc(Cl)c3c(c2)CCC(=O)N3)nn1C.